The maximum Gasteiger partial charge on any atom is 0.404 e. The molecule has 0 bridgehead atoms. The summed E-state index contributed by atoms with van der Waals surface area (Å²) in [5.41, 5.74) is 9.91. The number of nitrogen functional groups attached to an aromatic ring is 1. The average Bonchev–Trinajstić information content (AvgIpc) is 3.42. The quantitative estimate of drug-likeness (QED) is 0.444. The molecule has 1 aliphatic rings. The van der Waals surface area contributed by atoms with Gasteiger partial charge in [-0.25, -0.2) is 14.5 Å². The third-order valence-electron chi connectivity index (χ3n) is 5.37. The number of amides is 1. The number of hydrogen-bond donors (Lipinski definition) is 3. The third kappa shape index (κ3) is 3.63. The van der Waals surface area contributed by atoms with Gasteiger partial charge in [0.1, 0.15) is 5.52 Å². The van der Waals surface area contributed by atoms with Crippen LogP contribution in [-0.2, 0) is 11.3 Å². The lowest BCUT2D eigenvalue weighted by atomic mass is 10.1. The Hall–Kier alpha value is -3.73. The van der Waals surface area contributed by atoms with Crippen molar-refractivity contribution in [2.75, 3.05) is 18.9 Å². The zero-order valence-corrected chi connectivity index (χ0v) is 16.7. The lowest BCUT2D eigenvalue weighted by Crippen LogP contribution is -2.25. The van der Waals surface area contributed by atoms with Gasteiger partial charge in [-0.15, -0.1) is 5.10 Å². The van der Waals surface area contributed by atoms with E-state index in [1.807, 2.05) is 28.9 Å². The third-order valence-corrected chi connectivity index (χ3v) is 5.37. The Bertz CT molecular complexity index is 1260. The fourth-order valence-corrected chi connectivity index (χ4v) is 3.92. The molecule has 1 atom stereocenters. The number of nitrogens with two attached hydrogens (primary N) is 1. The Morgan fingerprint density at radius 1 is 1.26 bits per heavy atom. The predicted octanol–water partition coefficient (Wildman–Crippen LogP) is 2.39. The SMILES string of the molecule is Nc1nc2cc(-c3ccnn3C3CCCCO3)ccc2c2nn(CCNC(=O)O)nc12. The number of fused-ring (bicyclic) bond motifs is 3. The van der Waals surface area contributed by atoms with Gasteiger partial charge in [-0.1, -0.05) is 6.07 Å². The van der Waals surface area contributed by atoms with Crippen LogP contribution in [0.25, 0.3) is 33.2 Å². The molecular formula is C20H22N8O3. The molecule has 1 aliphatic heterocycles. The van der Waals surface area contributed by atoms with Crippen LogP contribution in [0.3, 0.4) is 0 Å². The lowest BCUT2D eigenvalue weighted by molar-refractivity contribution is -0.0383. The fraction of sp³-hybridized carbons (Fsp3) is 0.350. The standard InChI is InChI=1S/C20H22N8O3/c21-19-18-17(25-27(26-18)9-8-22-20(29)30)13-5-4-12(11-14(13)24-19)15-6-7-23-28(15)16-3-1-2-10-31-16/h4-7,11,16,22H,1-3,8-10H2,(H2,21,24)(H,29,30). The van der Waals surface area contributed by atoms with Crippen LogP contribution >= 0.6 is 0 Å². The number of ether oxygens (including phenoxy) is 1. The fourth-order valence-electron chi connectivity index (χ4n) is 3.92. The predicted molar refractivity (Wildman–Crippen MR) is 113 cm³/mol. The molecule has 4 aromatic rings. The smallest absolute Gasteiger partial charge is 0.404 e. The first kappa shape index (κ1) is 19.2. The first-order valence-corrected chi connectivity index (χ1v) is 10.2. The molecule has 4 heterocycles. The molecule has 1 aromatic carbocycles. The Labute approximate surface area is 176 Å². The van der Waals surface area contributed by atoms with Crippen LogP contribution in [0.4, 0.5) is 10.6 Å². The second-order valence-corrected chi connectivity index (χ2v) is 7.44. The molecule has 0 saturated carbocycles. The molecule has 11 nitrogen and oxygen atoms in total. The highest BCUT2D eigenvalue weighted by Gasteiger charge is 2.20. The van der Waals surface area contributed by atoms with E-state index in [0.29, 0.717) is 23.1 Å². The largest absolute Gasteiger partial charge is 0.465 e. The summed E-state index contributed by atoms with van der Waals surface area (Å²) in [7, 11) is 0. The minimum Gasteiger partial charge on any atom is -0.465 e. The van der Waals surface area contributed by atoms with E-state index in [1.165, 1.54) is 4.80 Å². The Balaban J connectivity index is 1.51. The van der Waals surface area contributed by atoms with Crippen molar-refractivity contribution in [1.29, 1.82) is 0 Å². The minimum atomic E-state index is -1.09. The van der Waals surface area contributed by atoms with Crippen molar-refractivity contribution in [1.82, 2.24) is 35.1 Å². The number of carbonyl (C=O) groups is 1. The monoisotopic (exact) mass is 422 g/mol. The Morgan fingerprint density at radius 3 is 2.94 bits per heavy atom. The van der Waals surface area contributed by atoms with Gasteiger partial charge >= 0.3 is 6.09 Å². The van der Waals surface area contributed by atoms with Crippen molar-refractivity contribution in [2.24, 2.45) is 0 Å². The molecule has 3 aromatic heterocycles. The first-order valence-electron chi connectivity index (χ1n) is 10.2. The molecule has 4 N–H and O–H groups in total. The normalized spacial score (nSPS) is 16.7. The molecule has 1 saturated heterocycles. The van der Waals surface area contributed by atoms with Gasteiger partial charge in [0.15, 0.2) is 17.6 Å². The lowest BCUT2D eigenvalue weighted by Gasteiger charge is -2.24. The van der Waals surface area contributed by atoms with Crippen molar-refractivity contribution in [3.05, 3.63) is 30.5 Å². The van der Waals surface area contributed by atoms with Crippen molar-refractivity contribution in [2.45, 2.75) is 32.0 Å². The molecular weight excluding hydrogens is 400 g/mol. The van der Waals surface area contributed by atoms with E-state index in [2.05, 4.69) is 25.6 Å². The summed E-state index contributed by atoms with van der Waals surface area (Å²) in [6.45, 7) is 1.23. The molecule has 5 rings (SSSR count). The van der Waals surface area contributed by atoms with Crippen LogP contribution in [-0.4, -0.2) is 54.1 Å². The summed E-state index contributed by atoms with van der Waals surface area (Å²) >= 11 is 0. The summed E-state index contributed by atoms with van der Waals surface area (Å²) in [6.07, 6.45) is 3.76. The molecule has 31 heavy (non-hydrogen) atoms. The number of pyridine rings is 1. The molecule has 0 aliphatic carbocycles. The highest BCUT2D eigenvalue weighted by atomic mass is 16.5. The van der Waals surface area contributed by atoms with Crippen molar-refractivity contribution in [3.63, 3.8) is 0 Å². The van der Waals surface area contributed by atoms with Gasteiger partial charge in [0, 0.05) is 30.3 Å². The topological polar surface area (TPSA) is 146 Å². The number of nitrogens with zero attached hydrogens (tertiary/aromatic N) is 6. The van der Waals surface area contributed by atoms with Crippen molar-refractivity contribution in [3.8, 4) is 11.3 Å². The molecule has 160 valence electrons. The first-order chi connectivity index (χ1) is 15.1. The Morgan fingerprint density at radius 2 is 2.13 bits per heavy atom. The number of carboxylic acid groups (broad SMARTS) is 1. The average molecular weight is 422 g/mol. The van der Waals surface area contributed by atoms with Gasteiger partial charge in [-0.3, -0.25) is 0 Å². The van der Waals surface area contributed by atoms with Gasteiger partial charge in [-0.05, 0) is 37.5 Å². The number of benzene rings is 1. The Kier molecular flexibility index (Phi) is 4.86. The maximum absolute atomic E-state index is 10.6. The molecule has 11 heteroatoms. The van der Waals surface area contributed by atoms with Gasteiger partial charge in [0.25, 0.3) is 0 Å². The van der Waals surface area contributed by atoms with Crippen LogP contribution in [0, 0.1) is 0 Å². The summed E-state index contributed by atoms with van der Waals surface area (Å²) in [4.78, 5) is 16.6. The maximum atomic E-state index is 10.6. The minimum absolute atomic E-state index is 0.0609. The van der Waals surface area contributed by atoms with Gasteiger partial charge < -0.3 is 20.9 Å². The van der Waals surface area contributed by atoms with Gasteiger partial charge in [-0.2, -0.15) is 15.0 Å². The van der Waals surface area contributed by atoms with E-state index < -0.39 is 6.09 Å². The van der Waals surface area contributed by atoms with E-state index in [9.17, 15) is 4.79 Å². The number of nitrogens with one attached hydrogen (secondary N) is 1. The van der Waals surface area contributed by atoms with E-state index in [1.54, 1.807) is 6.20 Å². The summed E-state index contributed by atoms with van der Waals surface area (Å²) in [5.74, 6) is 0.279. The van der Waals surface area contributed by atoms with E-state index in [0.717, 1.165) is 42.5 Å². The molecule has 1 fully saturated rings. The number of rotatable bonds is 5. The van der Waals surface area contributed by atoms with Crippen LogP contribution in [0.2, 0.25) is 0 Å². The highest BCUT2D eigenvalue weighted by Crippen LogP contribution is 2.32. The molecule has 0 radical (unpaired) electrons. The van der Waals surface area contributed by atoms with Crippen LogP contribution in [0.1, 0.15) is 25.5 Å². The highest BCUT2D eigenvalue weighted by molar-refractivity contribution is 6.06. The van der Waals surface area contributed by atoms with Crippen molar-refractivity contribution >= 4 is 33.8 Å². The van der Waals surface area contributed by atoms with Crippen LogP contribution in [0.15, 0.2) is 30.5 Å². The second kappa shape index (κ2) is 7.84. The van der Waals surface area contributed by atoms with Crippen molar-refractivity contribution < 1.29 is 14.6 Å². The zero-order chi connectivity index (χ0) is 21.4. The molecule has 1 unspecified atom stereocenters. The van der Waals surface area contributed by atoms with E-state index >= 15 is 0 Å². The van der Waals surface area contributed by atoms with Crippen LogP contribution < -0.4 is 11.1 Å². The number of anilines is 1. The summed E-state index contributed by atoms with van der Waals surface area (Å²) in [5, 5.41) is 25.2. The van der Waals surface area contributed by atoms with Gasteiger partial charge in [0.05, 0.1) is 17.8 Å². The summed E-state index contributed by atoms with van der Waals surface area (Å²) in [6, 6.07) is 7.88. The molecule has 0 spiro atoms. The second-order valence-electron chi connectivity index (χ2n) is 7.44. The zero-order valence-electron chi connectivity index (χ0n) is 16.7. The van der Waals surface area contributed by atoms with Gasteiger partial charge in [0.2, 0.25) is 0 Å². The van der Waals surface area contributed by atoms with E-state index in [-0.39, 0.29) is 18.6 Å². The van der Waals surface area contributed by atoms with Crippen LogP contribution in [0.5, 0.6) is 0 Å². The number of aromatic nitrogens is 6. The van der Waals surface area contributed by atoms with E-state index in [4.69, 9.17) is 15.6 Å². The number of hydrogen-bond acceptors (Lipinski definition) is 7. The summed E-state index contributed by atoms with van der Waals surface area (Å²) < 4.78 is 7.82. The molecule has 1 amide bonds.